The number of alkyl halides is 2. The molecule has 1 unspecified atom stereocenters. The zero-order valence-corrected chi connectivity index (χ0v) is 6.57. The van der Waals surface area contributed by atoms with Gasteiger partial charge in [0.05, 0.1) is 5.75 Å². The van der Waals surface area contributed by atoms with Crippen LogP contribution in [0.2, 0.25) is 0 Å². The molecule has 1 atom stereocenters. The van der Waals surface area contributed by atoms with Crippen LogP contribution >= 0.6 is 0 Å². The molecule has 0 aromatic carbocycles. The number of nitrogens with one attached hydrogen (secondary N) is 1. The second-order valence-corrected chi connectivity index (χ2v) is 4.78. The highest BCUT2D eigenvalue weighted by Crippen LogP contribution is 2.13. The Kier molecular flexibility index (Phi) is 2.43. The van der Waals surface area contributed by atoms with Crippen LogP contribution in [0.25, 0.3) is 0 Å². The Balaban J connectivity index is 2.76. The number of halogens is 2. The first-order valence-electron chi connectivity index (χ1n) is 3.24. The molecule has 6 heteroatoms. The highest BCUT2D eigenvalue weighted by atomic mass is 32.2. The molecule has 1 saturated heterocycles. The van der Waals surface area contributed by atoms with Crippen molar-refractivity contribution < 1.29 is 17.2 Å². The highest BCUT2D eigenvalue weighted by molar-refractivity contribution is 7.92. The lowest BCUT2D eigenvalue weighted by molar-refractivity contribution is 0.139. The molecule has 0 aliphatic carbocycles. The van der Waals surface area contributed by atoms with E-state index in [0.29, 0.717) is 0 Å². The van der Waals surface area contributed by atoms with Crippen LogP contribution in [0.5, 0.6) is 0 Å². The molecule has 66 valence electrons. The van der Waals surface area contributed by atoms with Gasteiger partial charge in [-0.15, -0.1) is 0 Å². The Labute approximate surface area is 63.7 Å². The standard InChI is InChI=1S/C5H9F2NO2S/c6-5(7)4-3-8-1-2-11(4,9)10/h4-5,8H,1-3H2. The van der Waals surface area contributed by atoms with Gasteiger partial charge in [-0.2, -0.15) is 0 Å². The molecule has 0 aromatic heterocycles. The molecule has 1 fully saturated rings. The lowest BCUT2D eigenvalue weighted by atomic mass is 10.4. The van der Waals surface area contributed by atoms with Crippen molar-refractivity contribution in [3.05, 3.63) is 0 Å². The van der Waals surface area contributed by atoms with Gasteiger partial charge in [0, 0.05) is 13.1 Å². The molecule has 1 N–H and O–H groups in total. The lowest BCUT2D eigenvalue weighted by Crippen LogP contribution is -2.47. The minimum atomic E-state index is -3.54. The molecule has 0 aromatic rings. The lowest BCUT2D eigenvalue weighted by Gasteiger charge is -2.21. The van der Waals surface area contributed by atoms with E-state index in [0.717, 1.165) is 0 Å². The van der Waals surface area contributed by atoms with Gasteiger partial charge in [-0.3, -0.25) is 0 Å². The summed E-state index contributed by atoms with van der Waals surface area (Å²) in [4.78, 5) is 0. The molecule has 1 rings (SSSR count). The first kappa shape index (κ1) is 8.86. The molecular weight excluding hydrogens is 176 g/mol. The number of hydrogen-bond acceptors (Lipinski definition) is 3. The predicted molar refractivity (Wildman–Crippen MR) is 36.4 cm³/mol. The average Bonchev–Trinajstić information content (AvgIpc) is 1.85. The molecule has 0 bridgehead atoms. The molecule has 1 heterocycles. The number of rotatable bonds is 1. The van der Waals surface area contributed by atoms with Gasteiger partial charge in [0.25, 0.3) is 6.43 Å². The van der Waals surface area contributed by atoms with Crippen LogP contribution in [-0.2, 0) is 9.84 Å². The zero-order chi connectivity index (χ0) is 8.48. The Bertz CT molecular complexity index is 227. The van der Waals surface area contributed by atoms with E-state index in [-0.39, 0.29) is 18.8 Å². The summed E-state index contributed by atoms with van der Waals surface area (Å²) in [5.74, 6) is -0.179. The van der Waals surface area contributed by atoms with Crippen molar-refractivity contribution in [1.82, 2.24) is 5.32 Å². The molecule has 0 saturated carbocycles. The summed E-state index contributed by atoms with van der Waals surface area (Å²) in [6, 6.07) is 0. The van der Waals surface area contributed by atoms with Gasteiger partial charge < -0.3 is 5.32 Å². The second kappa shape index (κ2) is 3.02. The fourth-order valence-electron chi connectivity index (χ4n) is 0.983. The first-order chi connectivity index (χ1) is 5.04. The van der Waals surface area contributed by atoms with Crippen LogP contribution < -0.4 is 5.32 Å². The summed E-state index contributed by atoms with van der Waals surface area (Å²) >= 11 is 0. The molecule has 3 nitrogen and oxygen atoms in total. The minimum absolute atomic E-state index is 0.125. The third-order valence-electron chi connectivity index (χ3n) is 1.65. The maximum atomic E-state index is 12.0. The van der Waals surface area contributed by atoms with Crippen molar-refractivity contribution in [2.24, 2.45) is 0 Å². The smallest absolute Gasteiger partial charge is 0.256 e. The maximum absolute atomic E-state index is 12.0. The van der Waals surface area contributed by atoms with Gasteiger partial charge in [-0.05, 0) is 0 Å². The molecular formula is C5H9F2NO2S. The fourth-order valence-corrected chi connectivity index (χ4v) is 2.40. The summed E-state index contributed by atoms with van der Waals surface area (Å²) in [5.41, 5.74) is 0. The maximum Gasteiger partial charge on any atom is 0.256 e. The van der Waals surface area contributed by atoms with Gasteiger partial charge in [-0.25, -0.2) is 17.2 Å². The van der Waals surface area contributed by atoms with Crippen LogP contribution in [-0.4, -0.2) is 38.9 Å². The van der Waals surface area contributed by atoms with Crippen LogP contribution in [0.15, 0.2) is 0 Å². The first-order valence-corrected chi connectivity index (χ1v) is 4.96. The van der Waals surface area contributed by atoms with E-state index in [2.05, 4.69) is 5.32 Å². The van der Waals surface area contributed by atoms with Crippen molar-refractivity contribution in [2.45, 2.75) is 11.7 Å². The van der Waals surface area contributed by atoms with E-state index in [1.165, 1.54) is 0 Å². The van der Waals surface area contributed by atoms with E-state index in [9.17, 15) is 17.2 Å². The molecule has 0 radical (unpaired) electrons. The second-order valence-electron chi connectivity index (χ2n) is 2.44. The summed E-state index contributed by atoms with van der Waals surface area (Å²) in [7, 11) is -3.54. The van der Waals surface area contributed by atoms with Gasteiger partial charge in [0.1, 0.15) is 5.25 Å². The van der Waals surface area contributed by atoms with Gasteiger partial charge in [0.15, 0.2) is 9.84 Å². The van der Waals surface area contributed by atoms with E-state index >= 15 is 0 Å². The summed E-state index contributed by atoms with van der Waals surface area (Å²) in [6.07, 6.45) is -2.77. The Hall–Kier alpha value is -0.230. The van der Waals surface area contributed by atoms with E-state index in [4.69, 9.17) is 0 Å². The molecule has 1 aliphatic heterocycles. The van der Waals surface area contributed by atoms with Crippen molar-refractivity contribution >= 4 is 9.84 Å². The van der Waals surface area contributed by atoms with Crippen molar-refractivity contribution in [3.8, 4) is 0 Å². The van der Waals surface area contributed by atoms with Crippen molar-refractivity contribution in [2.75, 3.05) is 18.8 Å². The summed E-state index contributed by atoms with van der Waals surface area (Å²) < 4.78 is 45.8. The third kappa shape index (κ3) is 1.87. The Morgan fingerprint density at radius 3 is 2.45 bits per heavy atom. The monoisotopic (exact) mass is 185 g/mol. The fraction of sp³-hybridized carbons (Fsp3) is 1.00. The van der Waals surface area contributed by atoms with Crippen LogP contribution in [0.4, 0.5) is 8.78 Å². The molecule has 0 amide bonds. The third-order valence-corrected chi connectivity index (χ3v) is 3.72. The number of sulfone groups is 1. The van der Waals surface area contributed by atoms with Crippen molar-refractivity contribution in [1.29, 1.82) is 0 Å². The van der Waals surface area contributed by atoms with E-state index in [1.54, 1.807) is 0 Å². The quantitative estimate of drug-likeness (QED) is 0.606. The molecule has 0 spiro atoms. The predicted octanol–water partition coefficient (Wildman–Crippen LogP) is -0.362. The SMILES string of the molecule is O=S1(=O)CCNCC1C(F)F. The zero-order valence-electron chi connectivity index (χ0n) is 5.76. The van der Waals surface area contributed by atoms with Gasteiger partial charge >= 0.3 is 0 Å². The molecule has 1 aliphatic rings. The van der Waals surface area contributed by atoms with E-state index < -0.39 is 21.5 Å². The van der Waals surface area contributed by atoms with Crippen LogP contribution in [0.1, 0.15) is 0 Å². The molecule has 11 heavy (non-hydrogen) atoms. The topological polar surface area (TPSA) is 46.2 Å². The Morgan fingerprint density at radius 2 is 2.09 bits per heavy atom. The number of hydrogen-bond donors (Lipinski definition) is 1. The average molecular weight is 185 g/mol. The van der Waals surface area contributed by atoms with Crippen LogP contribution in [0.3, 0.4) is 0 Å². The van der Waals surface area contributed by atoms with E-state index in [1.807, 2.05) is 0 Å². The highest BCUT2D eigenvalue weighted by Gasteiger charge is 2.35. The minimum Gasteiger partial charge on any atom is -0.314 e. The van der Waals surface area contributed by atoms with Gasteiger partial charge in [-0.1, -0.05) is 0 Å². The largest absolute Gasteiger partial charge is 0.314 e. The summed E-state index contributed by atoms with van der Waals surface area (Å²) in [6.45, 7) is 0.158. The normalized spacial score (nSPS) is 30.6. The van der Waals surface area contributed by atoms with Gasteiger partial charge in [0.2, 0.25) is 0 Å². The van der Waals surface area contributed by atoms with Crippen LogP contribution in [0, 0.1) is 0 Å². The Morgan fingerprint density at radius 1 is 1.45 bits per heavy atom. The summed E-state index contributed by atoms with van der Waals surface area (Å²) in [5, 5.41) is 1.11. The van der Waals surface area contributed by atoms with Crippen molar-refractivity contribution in [3.63, 3.8) is 0 Å².